The quantitative estimate of drug-likeness (QED) is 0.194. The number of hydrogen-bond acceptors (Lipinski definition) is 1. The monoisotopic (exact) mass is 450 g/mol. The lowest BCUT2D eigenvalue weighted by molar-refractivity contribution is 1.08. The van der Waals surface area contributed by atoms with Crippen LogP contribution in [0.5, 0.6) is 0 Å². The summed E-state index contributed by atoms with van der Waals surface area (Å²) < 4.78 is 2.41. The van der Waals surface area contributed by atoms with Gasteiger partial charge in [0, 0.05) is 16.3 Å². The third-order valence-electron chi connectivity index (χ3n) is 7.58. The smallest absolute Gasteiger partial charge is 0.145 e. The Balaban J connectivity index is 1.73. The maximum absolute atomic E-state index is 5.03. The van der Waals surface area contributed by atoms with E-state index >= 15 is 0 Å². The number of benzene rings is 5. The highest BCUT2D eigenvalue weighted by Gasteiger charge is 2.18. The topological polar surface area (TPSA) is 17.3 Å². The third-order valence-corrected chi connectivity index (χ3v) is 7.58. The van der Waals surface area contributed by atoms with Crippen molar-refractivity contribution in [2.45, 2.75) is 26.7 Å². The predicted molar refractivity (Wildman–Crippen MR) is 149 cm³/mol. The molecular formula is C33H26N2. The summed E-state index contributed by atoms with van der Waals surface area (Å²) in [6, 6.07) is 33.3. The van der Waals surface area contributed by atoms with Gasteiger partial charge in [0.1, 0.15) is 5.65 Å². The Kier molecular flexibility index (Phi) is 4.44. The molecule has 0 aliphatic carbocycles. The summed E-state index contributed by atoms with van der Waals surface area (Å²) in [5.74, 6) is 0. The van der Waals surface area contributed by atoms with Gasteiger partial charge in [-0.25, -0.2) is 4.98 Å². The second kappa shape index (κ2) is 7.68. The Labute approximate surface area is 204 Å². The zero-order valence-corrected chi connectivity index (χ0v) is 20.0. The second-order valence-corrected chi connectivity index (χ2v) is 9.38. The molecule has 0 saturated carbocycles. The number of imidazole rings is 1. The molecule has 0 saturated heterocycles. The number of aromatic nitrogens is 2. The largest absolute Gasteiger partial charge is 0.292 e. The van der Waals surface area contributed by atoms with Crippen LogP contribution in [0.1, 0.15) is 25.0 Å². The number of pyridine rings is 1. The van der Waals surface area contributed by atoms with Crippen LogP contribution in [-0.4, -0.2) is 9.38 Å². The summed E-state index contributed by atoms with van der Waals surface area (Å²) in [5.41, 5.74) is 7.50. The van der Waals surface area contributed by atoms with Crippen molar-refractivity contribution in [2.24, 2.45) is 0 Å². The van der Waals surface area contributed by atoms with Crippen LogP contribution in [0.15, 0.2) is 97.2 Å². The lowest BCUT2D eigenvalue weighted by atomic mass is 9.94. The fourth-order valence-corrected chi connectivity index (χ4v) is 5.89. The van der Waals surface area contributed by atoms with Gasteiger partial charge < -0.3 is 0 Å². The molecule has 0 bridgehead atoms. The molecule has 0 radical (unpaired) electrons. The van der Waals surface area contributed by atoms with Crippen molar-refractivity contribution in [3.63, 3.8) is 0 Å². The summed E-state index contributed by atoms with van der Waals surface area (Å²) in [7, 11) is 0. The lowest BCUT2D eigenvalue weighted by Crippen LogP contribution is -1.99. The van der Waals surface area contributed by atoms with E-state index in [0.29, 0.717) is 0 Å². The van der Waals surface area contributed by atoms with E-state index in [1.807, 2.05) is 0 Å². The van der Waals surface area contributed by atoms with Crippen LogP contribution in [0.25, 0.3) is 60.1 Å². The number of hydrogen-bond donors (Lipinski definition) is 0. The number of aryl methyl sites for hydroxylation is 2. The molecule has 7 rings (SSSR count). The van der Waals surface area contributed by atoms with E-state index in [9.17, 15) is 0 Å². The van der Waals surface area contributed by atoms with Crippen LogP contribution in [0.4, 0.5) is 0 Å². The van der Waals surface area contributed by atoms with Crippen LogP contribution in [-0.2, 0) is 12.8 Å². The molecule has 0 aliphatic rings. The first-order chi connectivity index (χ1) is 17.3. The Bertz CT molecular complexity index is 1900. The van der Waals surface area contributed by atoms with Gasteiger partial charge in [-0.1, -0.05) is 92.7 Å². The molecule has 0 unspecified atom stereocenters. The molecule has 0 fully saturated rings. The van der Waals surface area contributed by atoms with Gasteiger partial charge in [-0.3, -0.25) is 4.40 Å². The molecule has 0 amide bonds. The maximum Gasteiger partial charge on any atom is 0.145 e. The highest BCUT2D eigenvalue weighted by atomic mass is 15.0. The average molecular weight is 451 g/mol. The standard InChI is InChI=1S/C33H26N2/c1-3-21-11-9-12-22(4-2)32(21)31-20-34-33-27-15-8-7-14-26(27)29-18-24-17-16-23-10-5-6-13-25(23)28(24)19-30(29)35(31)33/h5-20H,3-4H2,1-2H3. The number of nitrogens with zero attached hydrogens (tertiary/aromatic N) is 2. The van der Waals surface area contributed by atoms with E-state index in [0.717, 1.165) is 18.5 Å². The van der Waals surface area contributed by atoms with Gasteiger partial charge in [-0.05, 0) is 63.0 Å². The van der Waals surface area contributed by atoms with E-state index < -0.39 is 0 Å². The first-order valence-electron chi connectivity index (χ1n) is 12.5. The Morgan fingerprint density at radius 2 is 1.29 bits per heavy atom. The molecule has 35 heavy (non-hydrogen) atoms. The SMILES string of the molecule is CCc1cccc(CC)c1-c1cnc2c3ccccc3c3cc4ccc5ccccc5c4cc3n12. The summed E-state index contributed by atoms with van der Waals surface area (Å²) in [6.45, 7) is 4.49. The van der Waals surface area contributed by atoms with Crippen LogP contribution in [0, 0.1) is 0 Å². The molecule has 0 atom stereocenters. The number of rotatable bonds is 3. The van der Waals surface area contributed by atoms with Gasteiger partial charge in [-0.15, -0.1) is 0 Å². The highest BCUT2D eigenvalue weighted by Crippen LogP contribution is 2.38. The van der Waals surface area contributed by atoms with Gasteiger partial charge in [0.15, 0.2) is 0 Å². The predicted octanol–water partition coefficient (Wildman–Crippen LogP) is 8.74. The fraction of sp³-hybridized carbons (Fsp3) is 0.121. The van der Waals surface area contributed by atoms with Crippen molar-refractivity contribution >= 4 is 48.9 Å². The molecule has 2 heteroatoms. The van der Waals surface area contributed by atoms with Gasteiger partial charge in [0.2, 0.25) is 0 Å². The molecule has 2 nitrogen and oxygen atoms in total. The minimum Gasteiger partial charge on any atom is -0.292 e. The van der Waals surface area contributed by atoms with Crippen LogP contribution in [0.2, 0.25) is 0 Å². The van der Waals surface area contributed by atoms with Gasteiger partial charge >= 0.3 is 0 Å². The average Bonchev–Trinajstić information content (AvgIpc) is 3.37. The normalized spacial score (nSPS) is 11.9. The molecule has 7 aromatic rings. The summed E-state index contributed by atoms with van der Waals surface area (Å²) in [5, 5.41) is 8.82. The maximum atomic E-state index is 5.03. The van der Waals surface area contributed by atoms with Crippen molar-refractivity contribution in [1.82, 2.24) is 9.38 Å². The molecule has 0 aliphatic heterocycles. The minimum atomic E-state index is 0.996. The Hall–Kier alpha value is -4.17. The van der Waals surface area contributed by atoms with Crippen molar-refractivity contribution in [3.05, 3.63) is 108 Å². The Morgan fingerprint density at radius 3 is 2.06 bits per heavy atom. The molecule has 0 N–H and O–H groups in total. The van der Waals surface area contributed by atoms with Crippen molar-refractivity contribution in [3.8, 4) is 11.3 Å². The van der Waals surface area contributed by atoms with Crippen LogP contribution in [0.3, 0.4) is 0 Å². The van der Waals surface area contributed by atoms with Gasteiger partial charge in [0.05, 0.1) is 17.4 Å². The van der Waals surface area contributed by atoms with Gasteiger partial charge in [0.25, 0.3) is 0 Å². The van der Waals surface area contributed by atoms with E-state index in [2.05, 4.69) is 115 Å². The minimum absolute atomic E-state index is 0.996. The van der Waals surface area contributed by atoms with E-state index in [1.165, 1.54) is 65.6 Å². The third kappa shape index (κ3) is 2.86. The van der Waals surface area contributed by atoms with Crippen molar-refractivity contribution in [1.29, 1.82) is 0 Å². The van der Waals surface area contributed by atoms with Crippen molar-refractivity contribution < 1.29 is 0 Å². The molecular weight excluding hydrogens is 424 g/mol. The highest BCUT2D eigenvalue weighted by molar-refractivity contribution is 6.19. The summed E-state index contributed by atoms with van der Waals surface area (Å²) in [6.07, 6.45) is 4.08. The van der Waals surface area contributed by atoms with Crippen LogP contribution < -0.4 is 0 Å². The molecule has 0 spiro atoms. The van der Waals surface area contributed by atoms with E-state index in [-0.39, 0.29) is 0 Å². The molecule has 168 valence electrons. The van der Waals surface area contributed by atoms with E-state index in [4.69, 9.17) is 4.98 Å². The number of fused-ring (bicyclic) bond motifs is 9. The molecule has 5 aromatic carbocycles. The lowest BCUT2D eigenvalue weighted by Gasteiger charge is -2.16. The zero-order valence-electron chi connectivity index (χ0n) is 20.0. The van der Waals surface area contributed by atoms with Crippen molar-refractivity contribution in [2.75, 3.05) is 0 Å². The second-order valence-electron chi connectivity index (χ2n) is 9.38. The zero-order chi connectivity index (χ0) is 23.5. The molecule has 2 heterocycles. The van der Waals surface area contributed by atoms with Crippen LogP contribution >= 0.6 is 0 Å². The summed E-state index contributed by atoms with van der Waals surface area (Å²) in [4.78, 5) is 5.03. The molecule has 2 aromatic heterocycles. The Morgan fingerprint density at radius 1 is 0.600 bits per heavy atom. The van der Waals surface area contributed by atoms with Gasteiger partial charge in [-0.2, -0.15) is 0 Å². The van der Waals surface area contributed by atoms with E-state index in [1.54, 1.807) is 0 Å². The fourth-order valence-electron chi connectivity index (χ4n) is 5.89. The first kappa shape index (κ1) is 20.2. The summed E-state index contributed by atoms with van der Waals surface area (Å²) >= 11 is 0. The first-order valence-corrected chi connectivity index (χ1v) is 12.5.